The molecule has 5 heteroatoms. The van der Waals surface area contributed by atoms with Crippen molar-refractivity contribution in [3.8, 4) is 16.9 Å². The zero-order valence-corrected chi connectivity index (χ0v) is 10.5. The van der Waals surface area contributed by atoms with Crippen LogP contribution < -0.4 is 10.1 Å². The number of rotatable bonds is 2. The standard InChI is InChI=1S/C15H12F3NO/c16-15(17,18)20-13-3-1-2-10(9-13)11-4-5-14-12(8-11)6-7-19-14/h1-5,8-9,19H,6-7H2. The smallest absolute Gasteiger partial charge is 0.406 e. The summed E-state index contributed by atoms with van der Waals surface area (Å²) in [5.41, 5.74) is 3.88. The maximum Gasteiger partial charge on any atom is 0.573 e. The maximum atomic E-state index is 12.2. The summed E-state index contributed by atoms with van der Waals surface area (Å²) in [6, 6.07) is 11.9. The minimum atomic E-state index is -4.67. The molecule has 0 fully saturated rings. The van der Waals surface area contributed by atoms with Crippen LogP contribution in [-0.4, -0.2) is 12.9 Å². The average Bonchev–Trinajstić information content (AvgIpc) is 2.84. The summed E-state index contributed by atoms with van der Waals surface area (Å²) in [7, 11) is 0. The molecular formula is C15H12F3NO. The van der Waals surface area contributed by atoms with Crippen LogP contribution in [-0.2, 0) is 6.42 Å². The summed E-state index contributed by atoms with van der Waals surface area (Å²) in [6.45, 7) is 0.899. The molecule has 0 saturated carbocycles. The molecule has 1 N–H and O–H groups in total. The Bertz CT molecular complexity index is 637. The molecule has 0 atom stereocenters. The summed E-state index contributed by atoms with van der Waals surface area (Å²) in [5.74, 6) is -0.200. The van der Waals surface area contributed by atoms with Crippen molar-refractivity contribution in [3.63, 3.8) is 0 Å². The van der Waals surface area contributed by atoms with Crippen molar-refractivity contribution in [2.24, 2.45) is 0 Å². The Hall–Kier alpha value is -2.17. The van der Waals surface area contributed by atoms with Crippen molar-refractivity contribution in [3.05, 3.63) is 48.0 Å². The van der Waals surface area contributed by atoms with Crippen molar-refractivity contribution >= 4 is 5.69 Å². The predicted molar refractivity (Wildman–Crippen MR) is 70.8 cm³/mol. The molecule has 0 bridgehead atoms. The first kappa shape index (κ1) is 12.8. The van der Waals surface area contributed by atoms with Gasteiger partial charge in [0.2, 0.25) is 0 Å². The molecule has 1 aliphatic rings. The van der Waals surface area contributed by atoms with E-state index >= 15 is 0 Å². The van der Waals surface area contributed by atoms with Crippen LogP contribution in [0.2, 0.25) is 0 Å². The molecule has 0 unspecified atom stereocenters. The third-order valence-electron chi connectivity index (χ3n) is 3.22. The van der Waals surface area contributed by atoms with Gasteiger partial charge in [-0.25, -0.2) is 0 Å². The average molecular weight is 279 g/mol. The molecule has 0 saturated heterocycles. The topological polar surface area (TPSA) is 21.3 Å². The minimum Gasteiger partial charge on any atom is -0.406 e. The van der Waals surface area contributed by atoms with E-state index in [0.717, 1.165) is 24.2 Å². The van der Waals surface area contributed by atoms with E-state index in [0.29, 0.717) is 5.56 Å². The third kappa shape index (κ3) is 2.71. The van der Waals surface area contributed by atoms with Crippen molar-refractivity contribution in [2.75, 3.05) is 11.9 Å². The Balaban J connectivity index is 1.92. The quantitative estimate of drug-likeness (QED) is 0.888. The van der Waals surface area contributed by atoms with Crippen molar-refractivity contribution < 1.29 is 17.9 Å². The molecule has 1 aliphatic heterocycles. The van der Waals surface area contributed by atoms with E-state index in [2.05, 4.69) is 10.1 Å². The summed E-state index contributed by atoms with van der Waals surface area (Å²) in [6.07, 6.45) is -3.73. The molecule has 0 radical (unpaired) electrons. The van der Waals surface area contributed by atoms with E-state index < -0.39 is 6.36 Å². The number of hydrogen-bond acceptors (Lipinski definition) is 2. The molecule has 0 aliphatic carbocycles. The number of ether oxygens (including phenoxy) is 1. The zero-order valence-electron chi connectivity index (χ0n) is 10.5. The van der Waals surface area contributed by atoms with Gasteiger partial charge in [0.1, 0.15) is 5.75 Å². The summed E-state index contributed by atoms with van der Waals surface area (Å²) >= 11 is 0. The molecule has 0 aromatic heterocycles. The molecule has 3 rings (SSSR count). The fraction of sp³-hybridized carbons (Fsp3) is 0.200. The van der Waals surface area contributed by atoms with Gasteiger partial charge in [0.05, 0.1) is 0 Å². The van der Waals surface area contributed by atoms with Gasteiger partial charge in [0, 0.05) is 12.2 Å². The largest absolute Gasteiger partial charge is 0.573 e. The Morgan fingerprint density at radius 2 is 1.80 bits per heavy atom. The monoisotopic (exact) mass is 279 g/mol. The molecule has 0 spiro atoms. The van der Waals surface area contributed by atoms with Gasteiger partial charge in [-0.2, -0.15) is 0 Å². The van der Waals surface area contributed by atoms with Crippen molar-refractivity contribution in [1.82, 2.24) is 0 Å². The molecule has 0 amide bonds. The van der Waals surface area contributed by atoms with E-state index in [1.165, 1.54) is 17.7 Å². The van der Waals surface area contributed by atoms with Gasteiger partial charge in [-0.3, -0.25) is 0 Å². The van der Waals surface area contributed by atoms with E-state index in [9.17, 15) is 13.2 Å². The van der Waals surface area contributed by atoms with Gasteiger partial charge >= 0.3 is 6.36 Å². The Morgan fingerprint density at radius 3 is 2.60 bits per heavy atom. The number of nitrogens with one attached hydrogen (secondary N) is 1. The first-order chi connectivity index (χ1) is 9.51. The lowest BCUT2D eigenvalue weighted by atomic mass is 10.0. The zero-order chi connectivity index (χ0) is 14.2. The van der Waals surface area contributed by atoms with Gasteiger partial charge in [0.15, 0.2) is 0 Å². The Labute approximate surface area is 114 Å². The lowest BCUT2D eigenvalue weighted by molar-refractivity contribution is -0.274. The Morgan fingerprint density at radius 1 is 1.00 bits per heavy atom. The molecule has 2 nitrogen and oxygen atoms in total. The molecule has 104 valence electrons. The Kier molecular flexibility index (Phi) is 3.04. The van der Waals surface area contributed by atoms with Crippen LogP contribution >= 0.6 is 0 Å². The van der Waals surface area contributed by atoms with Crippen LogP contribution in [0, 0.1) is 0 Å². The summed E-state index contributed by atoms with van der Waals surface area (Å²) in [4.78, 5) is 0. The number of halogens is 3. The van der Waals surface area contributed by atoms with Crippen LogP contribution in [0.25, 0.3) is 11.1 Å². The number of anilines is 1. The number of benzene rings is 2. The second kappa shape index (κ2) is 4.74. The summed E-state index contributed by atoms with van der Waals surface area (Å²) < 4.78 is 40.6. The first-order valence-electron chi connectivity index (χ1n) is 6.24. The second-order valence-electron chi connectivity index (χ2n) is 4.62. The highest BCUT2D eigenvalue weighted by Gasteiger charge is 2.31. The van der Waals surface area contributed by atoms with Crippen molar-refractivity contribution in [1.29, 1.82) is 0 Å². The van der Waals surface area contributed by atoms with Crippen LogP contribution in [0.3, 0.4) is 0 Å². The second-order valence-corrected chi connectivity index (χ2v) is 4.62. The SMILES string of the molecule is FC(F)(F)Oc1cccc(-c2ccc3c(c2)CCN3)c1. The van der Waals surface area contributed by atoms with Crippen LogP contribution in [0.4, 0.5) is 18.9 Å². The van der Waals surface area contributed by atoms with Crippen molar-refractivity contribution in [2.45, 2.75) is 12.8 Å². The maximum absolute atomic E-state index is 12.2. The van der Waals surface area contributed by atoms with E-state index in [1.807, 2.05) is 18.2 Å². The minimum absolute atomic E-state index is 0.200. The fourth-order valence-electron chi connectivity index (χ4n) is 2.36. The van der Waals surface area contributed by atoms with Gasteiger partial charge in [-0.05, 0) is 47.4 Å². The normalized spacial score (nSPS) is 13.8. The third-order valence-corrected chi connectivity index (χ3v) is 3.22. The van der Waals surface area contributed by atoms with E-state index in [1.54, 1.807) is 12.1 Å². The number of alkyl halides is 3. The lowest BCUT2D eigenvalue weighted by Crippen LogP contribution is -2.17. The van der Waals surface area contributed by atoms with Gasteiger partial charge in [-0.1, -0.05) is 18.2 Å². The van der Waals surface area contributed by atoms with Crippen LogP contribution in [0.1, 0.15) is 5.56 Å². The highest BCUT2D eigenvalue weighted by Crippen LogP contribution is 2.31. The first-order valence-corrected chi connectivity index (χ1v) is 6.24. The fourth-order valence-corrected chi connectivity index (χ4v) is 2.36. The van der Waals surface area contributed by atoms with E-state index in [-0.39, 0.29) is 5.75 Å². The molecule has 2 aromatic carbocycles. The predicted octanol–water partition coefficient (Wildman–Crippen LogP) is 4.22. The van der Waals surface area contributed by atoms with Crippen LogP contribution in [0.5, 0.6) is 5.75 Å². The summed E-state index contributed by atoms with van der Waals surface area (Å²) in [5, 5.41) is 3.25. The lowest BCUT2D eigenvalue weighted by Gasteiger charge is -2.10. The van der Waals surface area contributed by atoms with E-state index in [4.69, 9.17) is 0 Å². The van der Waals surface area contributed by atoms with Gasteiger partial charge in [0.25, 0.3) is 0 Å². The molecule has 20 heavy (non-hydrogen) atoms. The van der Waals surface area contributed by atoms with Gasteiger partial charge in [-0.15, -0.1) is 13.2 Å². The number of fused-ring (bicyclic) bond motifs is 1. The number of hydrogen-bond donors (Lipinski definition) is 1. The molecule has 2 aromatic rings. The highest BCUT2D eigenvalue weighted by molar-refractivity contribution is 5.70. The molecule has 1 heterocycles. The van der Waals surface area contributed by atoms with Gasteiger partial charge < -0.3 is 10.1 Å². The highest BCUT2D eigenvalue weighted by atomic mass is 19.4. The molecular weight excluding hydrogens is 267 g/mol. The van der Waals surface area contributed by atoms with Crippen LogP contribution in [0.15, 0.2) is 42.5 Å².